The highest BCUT2D eigenvalue weighted by molar-refractivity contribution is 6.51. The fourth-order valence-electron chi connectivity index (χ4n) is 6.22. The summed E-state index contributed by atoms with van der Waals surface area (Å²) < 4.78 is 12.3. The van der Waals surface area contributed by atoms with Crippen molar-refractivity contribution < 1.29 is 9.31 Å². The van der Waals surface area contributed by atoms with E-state index in [9.17, 15) is 0 Å². The molecule has 0 amide bonds. The van der Waals surface area contributed by atoms with Gasteiger partial charge in [0.25, 0.3) is 0 Å². The van der Waals surface area contributed by atoms with Crippen LogP contribution < -0.4 is 0 Å². The van der Waals surface area contributed by atoms with E-state index in [-0.39, 0.29) is 12.7 Å². The van der Waals surface area contributed by atoms with Crippen LogP contribution in [-0.2, 0) is 9.31 Å². The van der Waals surface area contributed by atoms with E-state index in [2.05, 4.69) is 12.9 Å². The van der Waals surface area contributed by atoms with Crippen molar-refractivity contribution >= 4 is 7.12 Å². The molecule has 4 saturated carbocycles. The molecule has 0 aromatic carbocycles. The lowest BCUT2D eigenvalue weighted by Crippen LogP contribution is -2.97. The highest BCUT2D eigenvalue weighted by atomic mass is 16.6. The minimum Gasteiger partial charge on any atom is -0.404 e. The smallest absolute Gasteiger partial charge is 0.404 e. The Hall–Kier alpha value is -0.275. The first-order valence-corrected chi connectivity index (χ1v) is 6.69. The average Bonchev–Trinajstić information content (AvgIpc) is 2.17. The molecule has 0 aromatic heterocycles. The van der Waals surface area contributed by atoms with Gasteiger partial charge in [-0.1, -0.05) is 12.1 Å². The van der Waals surface area contributed by atoms with Crippen LogP contribution in [0.25, 0.3) is 0 Å². The molecule has 1 heterocycles. The van der Waals surface area contributed by atoms with Gasteiger partial charge < -0.3 is 9.31 Å². The minimum atomic E-state index is -0.0748. The van der Waals surface area contributed by atoms with Gasteiger partial charge in [0, 0.05) is 5.92 Å². The molecular formula is C13H17BO2. The summed E-state index contributed by atoms with van der Waals surface area (Å²) in [7, 11) is -0.0748. The third-order valence-corrected chi connectivity index (χ3v) is 6.60. The minimum absolute atomic E-state index is 0.0748. The van der Waals surface area contributed by atoms with Gasteiger partial charge in [-0.3, -0.25) is 0 Å². The summed E-state index contributed by atoms with van der Waals surface area (Å²) in [6.07, 6.45) is 5.44. The molecule has 3 heteroatoms. The fourth-order valence-corrected chi connectivity index (χ4v) is 6.22. The molecule has 0 radical (unpaired) electrons. The van der Waals surface area contributed by atoms with Crippen LogP contribution >= 0.6 is 0 Å². The Labute approximate surface area is 96.5 Å². The molecule has 0 bridgehead atoms. The number of rotatable bonds is 1. The molecule has 1 aliphatic heterocycles. The van der Waals surface area contributed by atoms with Crippen molar-refractivity contribution in [2.75, 3.05) is 0 Å². The summed E-state index contributed by atoms with van der Waals surface area (Å²) >= 11 is 0. The van der Waals surface area contributed by atoms with Crippen molar-refractivity contribution in [3.63, 3.8) is 0 Å². The molecule has 7 atom stereocenters. The van der Waals surface area contributed by atoms with Crippen LogP contribution in [0.3, 0.4) is 0 Å². The van der Waals surface area contributed by atoms with Crippen molar-refractivity contribution in [1.82, 2.24) is 0 Å². The quantitative estimate of drug-likeness (QED) is 0.624. The molecule has 5 rings (SSSR count). The maximum Gasteiger partial charge on any atom is 0.486 e. The van der Waals surface area contributed by atoms with Gasteiger partial charge in [0.2, 0.25) is 0 Å². The van der Waals surface area contributed by atoms with Crippen LogP contribution in [0.4, 0.5) is 0 Å². The third kappa shape index (κ3) is 0.547. The maximum absolute atomic E-state index is 6.20. The number of fused-ring (bicyclic) bond motifs is 2. The summed E-state index contributed by atoms with van der Waals surface area (Å²) in [5.41, 5.74) is 0.876. The second-order valence-electron chi connectivity index (χ2n) is 6.60. The molecule has 84 valence electrons. The zero-order valence-electron chi connectivity index (χ0n) is 9.85. The third-order valence-electron chi connectivity index (χ3n) is 6.60. The molecule has 5 fully saturated rings. The summed E-state index contributed by atoms with van der Waals surface area (Å²) in [5, 5.41) is 0. The molecule has 1 spiro atoms. The van der Waals surface area contributed by atoms with Crippen LogP contribution in [0.1, 0.15) is 26.7 Å². The van der Waals surface area contributed by atoms with Gasteiger partial charge in [-0.2, -0.15) is 0 Å². The lowest BCUT2D eigenvalue weighted by molar-refractivity contribution is -0.497. The first kappa shape index (κ1) is 8.76. The van der Waals surface area contributed by atoms with Crippen molar-refractivity contribution in [1.29, 1.82) is 0 Å². The Morgan fingerprint density at radius 3 is 3.00 bits per heavy atom. The SMILES string of the molecule is C/C=C\B1OC2C3CC4CC5C43C2[C@@]5(C)O1. The van der Waals surface area contributed by atoms with E-state index in [0.29, 0.717) is 6.10 Å². The molecule has 1 saturated heterocycles. The molecule has 5 aliphatic rings. The molecule has 16 heavy (non-hydrogen) atoms. The maximum atomic E-state index is 6.20. The van der Waals surface area contributed by atoms with Gasteiger partial charge in [0.1, 0.15) is 0 Å². The molecular weight excluding hydrogens is 199 g/mol. The van der Waals surface area contributed by atoms with Gasteiger partial charge in [-0.25, -0.2) is 0 Å². The standard InChI is InChI=1S/C13H17BO2/c1-3-4-14-15-10-8-5-7-6-9-12(2,16-14)11(10)13(7,8)9/h3-4,7-11H,5-6H2,1-2H3/b4-3-/t7?,8?,9?,10?,11?,12-,13?/m0/s1. The van der Waals surface area contributed by atoms with Crippen molar-refractivity contribution in [2.45, 2.75) is 38.4 Å². The zero-order valence-corrected chi connectivity index (χ0v) is 9.85. The lowest BCUT2D eigenvalue weighted by atomic mass is 9.13. The monoisotopic (exact) mass is 216 g/mol. The highest BCUT2D eigenvalue weighted by Crippen LogP contribution is 2.91. The molecule has 2 nitrogen and oxygen atoms in total. The van der Waals surface area contributed by atoms with Gasteiger partial charge in [0.15, 0.2) is 0 Å². The van der Waals surface area contributed by atoms with Crippen LogP contribution in [0.15, 0.2) is 12.1 Å². The first-order valence-electron chi connectivity index (χ1n) is 6.69. The molecule has 0 N–H and O–H groups in total. The van der Waals surface area contributed by atoms with Crippen molar-refractivity contribution in [3.05, 3.63) is 12.1 Å². The number of hydrogen-bond acceptors (Lipinski definition) is 2. The Kier molecular flexibility index (Phi) is 1.19. The average molecular weight is 216 g/mol. The Bertz CT molecular complexity index is 422. The normalized spacial score (nSPS) is 68.4. The lowest BCUT2D eigenvalue weighted by Gasteiger charge is -2.94. The van der Waals surface area contributed by atoms with Crippen LogP contribution in [0, 0.1) is 29.1 Å². The Morgan fingerprint density at radius 1 is 1.38 bits per heavy atom. The Balaban J connectivity index is 1.55. The van der Waals surface area contributed by atoms with Gasteiger partial charge >= 0.3 is 7.12 Å². The van der Waals surface area contributed by atoms with E-state index in [4.69, 9.17) is 9.31 Å². The second-order valence-corrected chi connectivity index (χ2v) is 6.60. The highest BCUT2D eigenvalue weighted by Gasteiger charge is 2.93. The number of hydrogen-bond donors (Lipinski definition) is 0. The predicted octanol–water partition coefficient (Wildman–Crippen LogP) is 2.05. The molecule has 6 unspecified atom stereocenters. The van der Waals surface area contributed by atoms with Crippen LogP contribution in [-0.4, -0.2) is 18.8 Å². The summed E-state index contributed by atoms with van der Waals surface area (Å²) in [6, 6.07) is 0. The van der Waals surface area contributed by atoms with Gasteiger partial charge in [-0.05, 0) is 49.9 Å². The van der Waals surface area contributed by atoms with Gasteiger partial charge in [0.05, 0.1) is 11.7 Å². The summed E-state index contributed by atoms with van der Waals surface area (Å²) in [4.78, 5) is 0. The van der Waals surface area contributed by atoms with Crippen LogP contribution in [0.5, 0.6) is 0 Å². The number of allylic oxidation sites excluding steroid dienone is 1. The first-order chi connectivity index (χ1) is 7.73. The van der Waals surface area contributed by atoms with Crippen LogP contribution in [0.2, 0.25) is 0 Å². The summed E-state index contributed by atoms with van der Waals surface area (Å²) in [6.45, 7) is 4.38. The van der Waals surface area contributed by atoms with E-state index >= 15 is 0 Å². The molecule has 0 aromatic rings. The zero-order chi connectivity index (χ0) is 10.7. The molecule has 4 aliphatic carbocycles. The second kappa shape index (κ2) is 2.17. The predicted molar refractivity (Wildman–Crippen MR) is 60.6 cm³/mol. The Morgan fingerprint density at radius 2 is 2.25 bits per heavy atom. The van der Waals surface area contributed by atoms with E-state index in [1.165, 1.54) is 12.8 Å². The van der Waals surface area contributed by atoms with Crippen molar-refractivity contribution in [2.24, 2.45) is 29.1 Å². The van der Waals surface area contributed by atoms with E-state index in [1.807, 2.05) is 13.0 Å². The van der Waals surface area contributed by atoms with Crippen molar-refractivity contribution in [3.8, 4) is 0 Å². The topological polar surface area (TPSA) is 18.5 Å². The largest absolute Gasteiger partial charge is 0.486 e. The van der Waals surface area contributed by atoms with E-state index in [0.717, 1.165) is 29.1 Å². The van der Waals surface area contributed by atoms with E-state index in [1.54, 1.807) is 0 Å². The van der Waals surface area contributed by atoms with E-state index < -0.39 is 0 Å². The van der Waals surface area contributed by atoms with Gasteiger partial charge in [-0.15, -0.1) is 0 Å². The fraction of sp³-hybridized carbons (Fsp3) is 0.846. The summed E-state index contributed by atoms with van der Waals surface area (Å²) in [5.74, 6) is 5.60.